The Kier molecular flexibility index (Phi) is 18.8. The minimum absolute atomic E-state index is 0.181. The molecule has 0 atom stereocenters. The van der Waals surface area contributed by atoms with E-state index in [1.54, 1.807) is 24.3 Å². The van der Waals surface area contributed by atoms with Gasteiger partial charge < -0.3 is 9.47 Å². The third kappa shape index (κ3) is 18.6. The van der Waals surface area contributed by atoms with Crippen molar-refractivity contribution in [1.29, 1.82) is 0 Å². The van der Waals surface area contributed by atoms with Crippen molar-refractivity contribution in [2.45, 2.75) is 122 Å². The summed E-state index contributed by atoms with van der Waals surface area (Å²) in [5, 5.41) is 0.516. The molecular weight excluding hydrogens is 436 g/mol. The van der Waals surface area contributed by atoms with Crippen LogP contribution >= 0.6 is 11.6 Å². The average Bonchev–Trinajstić information content (AvgIpc) is 2.79. The normalized spacial score (nSPS) is 10.8. The van der Waals surface area contributed by atoms with Crippen molar-refractivity contribution in [3.05, 3.63) is 29.3 Å². The smallest absolute Gasteiger partial charge is 0.311 e. The van der Waals surface area contributed by atoms with Crippen molar-refractivity contribution in [2.75, 3.05) is 6.61 Å². The van der Waals surface area contributed by atoms with Crippen molar-refractivity contribution in [2.24, 2.45) is 0 Å². The molecule has 0 radical (unpaired) electrons. The van der Waals surface area contributed by atoms with Gasteiger partial charge in [-0.3, -0.25) is 9.59 Å². The Bertz CT molecular complexity index is 632. The number of esters is 2. The molecule has 1 aromatic rings. The van der Waals surface area contributed by atoms with Crippen molar-refractivity contribution in [3.63, 3.8) is 0 Å². The fourth-order valence-electron chi connectivity index (χ4n) is 3.82. The first-order valence-corrected chi connectivity index (χ1v) is 13.6. The fraction of sp³-hybridized carbons (Fsp3) is 0.714. The third-order valence-corrected chi connectivity index (χ3v) is 6.04. The van der Waals surface area contributed by atoms with Gasteiger partial charge in [-0.1, -0.05) is 114 Å². The van der Waals surface area contributed by atoms with E-state index in [4.69, 9.17) is 21.1 Å². The maximum absolute atomic E-state index is 11.8. The molecule has 0 fully saturated rings. The van der Waals surface area contributed by atoms with Gasteiger partial charge in [0.2, 0.25) is 0 Å². The number of benzene rings is 1. The number of carbonyl (C=O) groups excluding carboxylic acids is 2. The lowest BCUT2D eigenvalue weighted by molar-refractivity contribution is -0.144. The Balaban J connectivity index is 1.82. The van der Waals surface area contributed by atoms with Gasteiger partial charge in [0.1, 0.15) is 5.75 Å². The minimum atomic E-state index is -0.368. The van der Waals surface area contributed by atoms with Gasteiger partial charge >= 0.3 is 11.9 Å². The average molecular weight is 481 g/mol. The topological polar surface area (TPSA) is 52.6 Å². The van der Waals surface area contributed by atoms with Crippen LogP contribution in [0, 0.1) is 0 Å². The molecule has 1 rings (SSSR count). The zero-order valence-corrected chi connectivity index (χ0v) is 21.5. The second-order valence-corrected chi connectivity index (χ2v) is 9.39. The molecule has 0 aliphatic carbocycles. The van der Waals surface area contributed by atoms with Crippen LogP contribution in [0.3, 0.4) is 0 Å². The van der Waals surface area contributed by atoms with Crippen LogP contribution in [-0.4, -0.2) is 18.5 Å². The Morgan fingerprint density at radius 2 is 1.21 bits per heavy atom. The summed E-state index contributed by atoms with van der Waals surface area (Å²) >= 11 is 5.86. The second kappa shape index (κ2) is 21.0. The van der Waals surface area contributed by atoms with Crippen LogP contribution in [-0.2, 0) is 14.3 Å². The van der Waals surface area contributed by atoms with Gasteiger partial charge in [0.15, 0.2) is 0 Å². The van der Waals surface area contributed by atoms with E-state index in [2.05, 4.69) is 6.92 Å². The van der Waals surface area contributed by atoms with E-state index in [1.807, 2.05) is 0 Å². The van der Waals surface area contributed by atoms with Crippen LogP contribution in [0.1, 0.15) is 122 Å². The number of halogens is 1. The monoisotopic (exact) mass is 480 g/mol. The molecule has 33 heavy (non-hydrogen) atoms. The van der Waals surface area contributed by atoms with E-state index >= 15 is 0 Å². The zero-order chi connectivity index (χ0) is 24.0. The molecule has 4 nitrogen and oxygen atoms in total. The van der Waals surface area contributed by atoms with Crippen LogP contribution in [0.2, 0.25) is 5.02 Å². The van der Waals surface area contributed by atoms with Gasteiger partial charge in [0.05, 0.1) is 6.61 Å². The molecule has 5 heteroatoms. The van der Waals surface area contributed by atoms with Gasteiger partial charge in [0, 0.05) is 17.9 Å². The summed E-state index contributed by atoms with van der Waals surface area (Å²) < 4.78 is 10.5. The first kappa shape index (κ1) is 29.5. The maximum Gasteiger partial charge on any atom is 0.311 e. The fourth-order valence-corrected chi connectivity index (χ4v) is 4.00. The summed E-state index contributed by atoms with van der Waals surface area (Å²) in [5.74, 6) is -0.188. The van der Waals surface area contributed by atoms with E-state index in [0.29, 0.717) is 23.8 Å². The van der Waals surface area contributed by atoms with Crippen molar-refractivity contribution in [3.8, 4) is 5.75 Å². The lowest BCUT2D eigenvalue weighted by Crippen LogP contribution is -2.10. The molecule has 1 aromatic carbocycles. The number of hydrogen-bond acceptors (Lipinski definition) is 4. The summed E-state index contributed by atoms with van der Waals surface area (Å²) in [7, 11) is 0. The highest BCUT2D eigenvalue weighted by atomic mass is 35.5. The van der Waals surface area contributed by atoms with Crippen LogP contribution in [0.4, 0.5) is 0 Å². The molecule has 0 unspecified atom stereocenters. The Morgan fingerprint density at radius 1 is 0.697 bits per heavy atom. The summed E-state index contributed by atoms with van der Waals surface area (Å²) in [5.41, 5.74) is 0. The molecule has 0 amide bonds. The summed E-state index contributed by atoms with van der Waals surface area (Å²) in [6.45, 7) is 2.74. The Hall–Kier alpha value is -1.55. The molecular formula is C28H45ClO4. The van der Waals surface area contributed by atoms with Crippen LogP contribution in [0.5, 0.6) is 5.75 Å². The predicted molar refractivity (Wildman–Crippen MR) is 137 cm³/mol. The zero-order valence-electron chi connectivity index (χ0n) is 20.8. The quantitative estimate of drug-likeness (QED) is 0.100. The number of unbranched alkanes of at least 4 members (excludes halogenated alkanes) is 14. The summed E-state index contributed by atoms with van der Waals surface area (Å²) in [4.78, 5) is 23.6. The second-order valence-electron chi connectivity index (χ2n) is 8.96. The molecule has 0 aliphatic rings. The van der Waals surface area contributed by atoms with Gasteiger partial charge in [0.25, 0.3) is 0 Å². The Morgan fingerprint density at radius 3 is 1.76 bits per heavy atom. The highest BCUT2D eigenvalue weighted by molar-refractivity contribution is 6.30. The molecule has 188 valence electrons. The van der Waals surface area contributed by atoms with Crippen LogP contribution in [0.15, 0.2) is 24.3 Å². The van der Waals surface area contributed by atoms with E-state index in [-0.39, 0.29) is 24.8 Å². The minimum Gasteiger partial charge on any atom is -0.466 e. The number of rotatable bonds is 21. The highest BCUT2D eigenvalue weighted by Gasteiger charge is 2.08. The Labute approximate surface area is 206 Å². The predicted octanol–water partition coefficient (Wildman–Crippen LogP) is 8.83. The van der Waals surface area contributed by atoms with Gasteiger partial charge in [-0.2, -0.15) is 0 Å². The third-order valence-electron chi connectivity index (χ3n) is 5.80. The molecule has 0 aliphatic heterocycles. The summed E-state index contributed by atoms with van der Waals surface area (Å²) in [6.07, 6.45) is 20.6. The molecule has 0 saturated heterocycles. The van der Waals surface area contributed by atoms with E-state index in [9.17, 15) is 9.59 Å². The van der Waals surface area contributed by atoms with E-state index in [1.165, 1.54) is 83.5 Å². The van der Waals surface area contributed by atoms with E-state index < -0.39 is 0 Å². The molecule has 0 heterocycles. The summed E-state index contributed by atoms with van der Waals surface area (Å²) in [6, 6.07) is 6.70. The standard InChI is InChI=1S/C28H45ClO4/c1-2-3-4-5-6-7-8-9-10-11-12-13-14-15-16-23-32-27(30)21-18-22-28(31)33-26-20-17-19-25(29)24-26/h17,19-20,24H,2-16,18,21-23H2,1H3. The lowest BCUT2D eigenvalue weighted by atomic mass is 10.0. The molecule has 0 bridgehead atoms. The van der Waals surface area contributed by atoms with Crippen LogP contribution in [0.25, 0.3) is 0 Å². The van der Waals surface area contributed by atoms with Crippen molar-refractivity contribution >= 4 is 23.5 Å². The lowest BCUT2D eigenvalue weighted by Gasteiger charge is -2.06. The first-order chi connectivity index (χ1) is 16.1. The van der Waals surface area contributed by atoms with Crippen LogP contribution < -0.4 is 4.74 Å². The van der Waals surface area contributed by atoms with Crippen molar-refractivity contribution < 1.29 is 19.1 Å². The number of ether oxygens (including phenoxy) is 2. The first-order valence-electron chi connectivity index (χ1n) is 13.2. The van der Waals surface area contributed by atoms with E-state index in [0.717, 1.165) is 12.8 Å². The molecule has 0 N–H and O–H groups in total. The molecule has 0 spiro atoms. The largest absolute Gasteiger partial charge is 0.466 e. The van der Waals surface area contributed by atoms with Gasteiger partial charge in [-0.25, -0.2) is 0 Å². The van der Waals surface area contributed by atoms with Crippen molar-refractivity contribution in [1.82, 2.24) is 0 Å². The highest BCUT2D eigenvalue weighted by Crippen LogP contribution is 2.18. The number of hydrogen-bond donors (Lipinski definition) is 0. The molecule has 0 aromatic heterocycles. The number of carbonyl (C=O) groups is 2. The van der Waals surface area contributed by atoms with Gasteiger partial charge in [-0.05, 0) is 31.0 Å². The van der Waals surface area contributed by atoms with Gasteiger partial charge in [-0.15, -0.1) is 0 Å². The maximum atomic E-state index is 11.8. The SMILES string of the molecule is CCCCCCCCCCCCCCCCCOC(=O)CCCC(=O)Oc1cccc(Cl)c1. The molecule has 0 saturated carbocycles.